The number of piperidine rings is 1. The maximum atomic E-state index is 12.1. The Bertz CT molecular complexity index is 1020. The Morgan fingerprint density at radius 3 is 2.88 bits per heavy atom. The SMILES string of the molecule is COc1ccc(C23C[C@@H]2CN(CCCSc2nnc(C4CCOCC4)n2C)C3)cc1C(C)=O. The van der Waals surface area contributed by atoms with Crippen molar-refractivity contribution in [3.63, 3.8) is 0 Å². The van der Waals surface area contributed by atoms with E-state index >= 15 is 0 Å². The summed E-state index contributed by atoms with van der Waals surface area (Å²) in [6, 6.07) is 6.20. The fraction of sp³-hybridized carbons (Fsp3) is 0.640. The fourth-order valence-corrected chi connectivity index (χ4v) is 6.55. The molecule has 1 aromatic heterocycles. The molecule has 0 spiro atoms. The lowest BCUT2D eigenvalue weighted by Gasteiger charge is -2.22. The molecule has 1 aliphatic carbocycles. The average Bonchev–Trinajstić information content (AvgIpc) is 3.21. The number of nitrogens with zero attached hydrogens (tertiary/aromatic N) is 4. The molecule has 2 saturated heterocycles. The van der Waals surface area contributed by atoms with Crippen LogP contribution in [0.5, 0.6) is 5.75 Å². The maximum Gasteiger partial charge on any atom is 0.190 e. The number of ether oxygens (including phenoxy) is 2. The monoisotopic (exact) mass is 470 g/mol. The number of Topliss-reactive ketones (excluding diaryl/α,β-unsaturated/α-hetero) is 1. The summed E-state index contributed by atoms with van der Waals surface area (Å²) in [7, 11) is 3.72. The summed E-state index contributed by atoms with van der Waals surface area (Å²) in [5.41, 5.74) is 2.23. The van der Waals surface area contributed by atoms with Crippen molar-refractivity contribution in [3.8, 4) is 5.75 Å². The number of thioether (sulfide) groups is 1. The quantitative estimate of drug-likeness (QED) is 0.315. The van der Waals surface area contributed by atoms with Gasteiger partial charge in [0.1, 0.15) is 11.6 Å². The third-order valence-corrected chi connectivity index (χ3v) is 8.78. The summed E-state index contributed by atoms with van der Waals surface area (Å²) >= 11 is 1.81. The first kappa shape index (κ1) is 22.9. The standard InChI is InChI=1S/C25H34N4O3S/c1-17(30)21-13-19(5-6-22(21)31-3)25-14-20(25)15-29(16-25)9-4-12-33-24-27-26-23(28(24)2)18-7-10-32-11-8-18/h5-6,13,18,20H,4,7-12,14-16H2,1-3H3/t20-,25?/m1/s1. The molecule has 5 rings (SSSR count). The summed E-state index contributed by atoms with van der Waals surface area (Å²) in [5, 5.41) is 9.95. The Labute approximate surface area is 200 Å². The normalized spacial score (nSPS) is 25.2. The van der Waals surface area contributed by atoms with Crippen LogP contribution < -0.4 is 4.74 Å². The molecule has 0 bridgehead atoms. The van der Waals surface area contributed by atoms with E-state index in [9.17, 15) is 4.79 Å². The van der Waals surface area contributed by atoms with Gasteiger partial charge in [-0.15, -0.1) is 10.2 Å². The van der Waals surface area contributed by atoms with Crippen LogP contribution in [0.1, 0.15) is 60.3 Å². The topological polar surface area (TPSA) is 69.5 Å². The number of likely N-dealkylation sites (tertiary alicyclic amines) is 1. The Balaban J connectivity index is 1.13. The minimum Gasteiger partial charge on any atom is -0.496 e. The molecule has 178 valence electrons. The zero-order valence-corrected chi connectivity index (χ0v) is 20.7. The molecule has 1 saturated carbocycles. The van der Waals surface area contributed by atoms with E-state index in [-0.39, 0.29) is 11.2 Å². The number of rotatable bonds is 9. The van der Waals surface area contributed by atoms with Crippen molar-refractivity contribution < 1.29 is 14.3 Å². The predicted octanol–water partition coefficient (Wildman–Crippen LogP) is 3.68. The van der Waals surface area contributed by atoms with E-state index in [1.165, 1.54) is 12.0 Å². The molecule has 3 heterocycles. The number of ketones is 1. The second kappa shape index (κ2) is 9.39. The molecule has 3 fully saturated rings. The van der Waals surface area contributed by atoms with Crippen molar-refractivity contribution >= 4 is 17.5 Å². The third-order valence-electron chi connectivity index (χ3n) is 7.67. The summed E-state index contributed by atoms with van der Waals surface area (Å²) < 4.78 is 13.0. The molecule has 3 aliphatic rings. The summed E-state index contributed by atoms with van der Waals surface area (Å²) in [5.74, 6) is 4.07. The smallest absolute Gasteiger partial charge is 0.190 e. The van der Waals surface area contributed by atoms with E-state index in [0.29, 0.717) is 23.1 Å². The van der Waals surface area contributed by atoms with Crippen LogP contribution in [-0.2, 0) is 17.2 Å². The first-order chi connectivity index (χ1) is 16.0. The summed E-state index contributed by atoms with van der Waals surface area (Å²) in [6.45, 7) is 6.61. The van der Waals surface area contributed by atoms with Crippen LogP contribution in [0.2, 0.25) is 0 Å². The molecular weight excluding hydrogens is 436 g/mol. The first-order valence-electron chi connectivity index (χ1n) is 12.0. The minimum atomic E-state index is 0.0675. The van der Waals surface area contributed by atoms with Gasteiger partial charge >= 0.3 is 0 Å². The van der Waals surface area contributed by atoms with E-state index in [2.05, 4.69) is 38.8 Å². The highest BCUT2D eigenvalue weighted by atomic mass is 32.2. The lowest BCUT2D eigenvalue weighted by atomic mass is 9.92. The van der Waals surface area contributed by atoms with E-state index in [1.54, 1.807) is 14.0 Å². The lowest BCUT2D eigenvalue weighted by Crippen LogP contribution is -2.28. The van der Waals surface area contributed by atoms with Gasteiger partial charge in [0.2, 0.25) is 0 Å². The van der Waals surface area contributed by atoms with Crippen LogP contribution in [0.15, 0.2) is 23.4 Å². The molecule has 2 atom stereocenters. The predicted molar refractivity (Wildman–Crippen MR) is 128 cm³/mol. The average molecular weight is 471 g/mol. The second-order valence-electron chi connectivity index (χ2n) is 9.75. The lowest BCUT2D eigenvalue weighted by molar-refractivity contribution is 0.0828. The van der Waals surface area contributed by atoms with Crippen LogP contribution >= 0.6 is 11.8 Å². The van der Waals surface area contributed by atoms with Gasteiger partial charge in [-0.3, -0.25) is 4.79 Å². The van der Waals surface area contributed by atoms with Gasteiger partial charge in [-0.25, -0.2) is 0 Å². The molecule has 1 aromatic carbocycles. The van der Waals surface area contributed by atoms with Crippen molar-refractivity contribution in [2.45, 2.75) is 49.1 Å². The van der Waals surface area contributed by atoms with Gasteiger partial charge in [-0.1, -0.05) is 17.8 Å². The van der Waals surface area contributed by atoms with E-state index in [0.717, 1.165) is 68.8 Å². The number of aromatic nitrogens is 3. The first-order valence-corrected chi connectivity index (χ1v) is 13.0. The Morgan fingerprint density at radius 2 is 2.12 bits per heavy atom. The zero-order chi connectivity index (χ0) is 23.0. The number of carbonyl (C=O) groups excluding carboxylic acids is 1. The minimum absolute atomic E-state index is 0.0675. The van der Waals surface area contributed by atoms with Crippen LogP contribution in [0.25, 0.3) is 0 Å². The van der Waals surface area contributed by atoms with Gasteiger partial charge in [0, 0.05) is 50.4 Å². The number of benzene rings is 1. The Kier molecular flexibility index (Phi) is 6.51. The molecular formula is C25H34N4O3S. The van der Waals surface area contributed by atoms with Gasteiger partial charge in [0.25, 0.3) is 0 Å². The van der Waals surface area contributed by atoms with Crippen LogP contribution in [0.3, 0.4) is 0 Å². The highest BCUT2D eigenvalue weighted by Crippen LogP contribution is 2.59. The van der Waals surface area contributed by atoms with Crippen molar-refractivity contribution in [2.75, 3.05) is 45.7 Å². The number of carbonyl (C=O) groups is 1. The summed E-state index contributed by atoms with van der Waals surface area (Å²) in [4.78, 5) is 14.7. The number of hydrogen-bond acceptors (Lipinski definition) is 7. The molecule has 7 nitrogen and oxygen atoms in total. The molecule has 2 aromatic rings. The van der Waals surface area contributed by atoms with E-state index in [4.69, 9.17) is 9.47 Å². The Morgan fingerprint density at radius 1 is 1.30 bits per heavy atom. The largest absolute Gasteiger partial charge is 0.496 e. The number of hydrogen-bond donors (Lipinski definition) is 0. The van der Waals surface area contributed by atoms with Gasteiger partial charge in [0.05, 0.1) is 12.7 Å². The van der Waals surface area contributed by atoms with Gasteiger partial charge < -0.3 is 18.9 Å². The molecule has 8 heteroatoms. The molecule has 0 N–H and O–H groups in total. The Hall–Kier alpha value is -1.90. The molecule has 1 unspecified atom stereocenters. The van der Waals surface area contributed by atoms with E-state index in [1.807, 2.05) is 17.8 Å². The van der Waals surface area contributed by atoms with Crippen LogP contribution in [0.4, 0.5) is 0 Å². The van der Waals surface area contributed by atoms with Gasteiger partial charge in [-0.2, -0.15) is 0 Å². The molecule has 33 heavy (non-hydrogen) atoms. The number of fused-ring (bicyclic) bond motifs is 1. The van der Waals surface area contributed by atoms with Gasteiger partial charge in [0.15, 0.2) is 10.9 Å². The highest BCUT2D eigenvalue weighted by molar-refractivity contribution is 7.99. The van der Waals surface area contributed by atoms with Crippen LogP contribution in [0, 0.1) is 5.92 Å². The number of methoxy groups -OCH3 is 1. The van der Waals surface area contributed by atoms with Crippen molar-refractivity contribution in [1.29, 1.82) is 0 Å². The van der Waals surface area contributed by atoms with Gasteiger partial charge in [-0.05, 0) is 62.8 Å². The van der Waals surface area contributed by atoms with Crippen molar-refractivity contribution in [3.05, 3.63) is 35.2 Å². The van der Waals surface area contributed by atoms with Crippen LogP contribution in [-0.4, -0.2) is 71.2 Å². The molecule has 0 amide bonds. The third kappa shape index (κ3) is 4.45. The molecule has 0 radical (unpaired) electrons. The molecule has 2 aliphatic heterocycles. The van der Waals surface area contributed by atoms with Crippen molar-refractivity contribution in [1.82, 2.24) is 19.7 Å². The maximum absolute atomic E-state index is 12.1. The fourth-order valence-electron chi connectivity index (χ4n) is 5.71. The highest BCUT2D eigenvalue weighted by Gasteiger charge is 2.60. The van der Waals surface area contributed by atoms with Crippen molar-refractivity contribution in [2.24, 2.45) is 13.0 Å². The second-order valence-corrected chi connectivity index (χ2v) is 10.8. The summed E-state index contributed by atoms with van der Waals surface area (Å²) in [6.07, 6.45) is 4.44. The van der Waals surface area contributed by atoms with E-state index < -0.39 is 0 Å². The zero-order valence-electron chi connectivity index (χ0n) is 19.9.